The molecule has 0 spiro atoms. The van der Waals surface area contributed by atoms with Crippen molar-refractivity contribution < 1.29 is 23.8 Å². The molecule has 3 heterocycles. The van der Waals surface area contributed by atoms with Crippen LogP contribution in [0.1, 0.15) is 18.4 Å². The Morgan fingerprint density at radius 2 is 1.97 bits per heavy atom. The zero-order chi connectivity index (χ0) is 25.9. The molecule has 1 aromatic heterocycles. The van der Waals surface area contributed by atoms with Crippen molar-refractivity contribution in [3.63, 3.8) is 0 Å². The van der Waals surface area contributed by atoms with Crippen LogP contribution < -0.4 is 26.0 Å². The summed E-state index contributed by atoms with van der Waals surface area (Å²) in [4.78, 5) is 42.0. The van der Waals surface area contributed by atoms with Crippen LogP contribution in [0.5, 0.6) is 5.75 Å². The maximum Gasteiger partial charge on any atom is 0.323 e. The molecule has 196 valence electrons. The SMILES string of the molecule is O=C1NC(=O)C(Cc2ccc(N3CCC(NC[C@H](O)COc4cccc5[nH]c(=O)[nH]c45)CC3)c(F)c2)S1. The predicted molar refractivity (Wildman–Crippen MR) is 139 cm³/mol. The molecule has 3 aromatic rings. The number of imidazole rings is 1. The fourth-order valence-electron chi connectivity index (χ4n) is 4.70. The van der Waals surface area contributed by atoms with Crippen molar-refractivity contribution in [2.45, 2.75) is 36.7 Å². The van der Waals surface area contributed by atoms with Crippen LogP contribution in [0.4, 0.5) is 14.9 Å². The number of piperidine rings is 1. The standard InChI is InChI=1S/C25H28FN5O5S/c26-17-10-14(11-21-23(33)30-25(35)37-21)4-5-19(17)31-8-6-15(7-9-31)27-12-16(32)13-36-20-3-1-2-18-22(20)29-24(34)28-18/h1-5,10,15-16,21,27,32H,6-9,11-13H2,(H2,28,29,34)(H,30,33,35)/t16-,21?/m0/s1. The summed E-state index contributed by atoms with van der Waals surface area (Å²) in [5, 5.41) is 15.1. The van der Waals surface area contributed by atoms with Gasteiger partial charge in [-0.1, -0.05) is 23.9 Å². The molecular formula is C25H28FN5O5S. The molecule has 2 saturated heterocycles. The quantitative estimate of drug-likeness (QED) is 0.283. The third-order valence-corrected chi connectivity index (χ3v) is 7.60. The summed E-state index contributed by atoms with van der Waals surface area (Å²) in [5.74, 6) is -0.180. The summed E-state index contributed by atoms with van der Waals surface area (Å²) < 4.78 is 20.6. The Labute approximate surface area is 216 Å². The lowest BCUT2D eigenvalue weighted by molar-refractivity contribution is -0.118. The number of hydrogen-bond acceptors (Lipinski definition) is 8. The van der Waals surface area contributed by atoms with E-state index in [1.807, 2.05) is 4.90 Å². The minimum Gasteiger partial charge on any atom is -0.489 e. The monoisotopic (exact) mass is 529 g/mol. The van der Waals surface area contributed by atoms with Crippen LogP contribution >= 0.6 is 11.8 Å². The molecule has 2 aliphatic heterocycles. The van der Waals surface area contributed by atoms with E-state index in [0.29, 0.717) is 54.1 Å². The third kappa shape index (κ3) is 5.97. The number of H-pyrrole nitrogens is 2. The number of carbonyl (C=O) groups excluding carboxylic acids is 2. The molecule has 12 heteroatoms. The first-order chi connectivity index (χ1) is 17.9. The summed E-state index contributed by atoms with van der Waals surface area (Å²) in [6, 6.07) is 10.4. The molecule has 37 heavy (non-hydrogen) atoms. The Morgan fingerprint density at radius 1 is 1.16 bits per heavy atom. The first kappa shape index (κ1) is 25.3. The number of nitrogens with one attached hydrogen (secondary N) is 4. The van der Waals surface area contributed by atoms with Gasteiger partial charge in [-0.05, 0) is 49.1 Å². The number of aliphatic hydroxyl groups excluding tert-OH is 1. The van der Waals surface area contributed by atoms with Crippen molar-refractivity contribution in [3.8, 4) is 5.75 Å². The van der Waals surface area contributed by atoms with Crippen LogP contribution in [-0.4, -0.2) is 69.9 Å². The van der Waals surface area contributed by atoms with Gasteiger partial charge in [0.2, 0.25) is 5.91 Å². The van der Waals surface area contributed by atoms with Crippen LogP contribution in [0.15, 0.2) is 41.2 Å². The number of fused-ring (bicyclic) bond motifs is 1. The van der Waals surface area contributed by atoms with E-state index in [1.165, 1.54) is 6.07 Å². The first-order valence-electron chi connectivity index (χ1n) is 12.2. The fraction of sp³-hybridized carbons (Fsp3) is 0.400. The van der Waals surface area contributed by atoms with E-state index in [-0.39, 0.29) is 35.3 Å². The number of aromatic nitrogens is 2. The highest BCUT2D eigenvalue weighted by atomic mass is 32.2. The van der Waals surface area contributed by atoms with Gasteiger partial charge in [0.15, 0.2) is 0 Å². The number of halogens is 1. The van der Waals surface area contributed by atoms with Gasteiger partial charge in [0, 0.05) is 25.7 Å². The third-order valence-electron chi connectivity index (χ3n) is 6.62. The number of imide groups is 1. The molecule has 5 rings (SSSR count). The highest BCUT2D eigenvalue weighted by molar-refractivity contribution is 8.15. The zero-order valence-electron chi connectivity index (χ0n) is 20.0. The van der Waals surface area contributed by atoms with Crippen molar-refractivity contribution in [3.05, 3.63) is 58.3 Å². The molecule has 2 amide bonds. The normalized spacial score (nSPS) is 19.4. The van der Waals surface area contributed by atoms with E-state index in [1.54, 1.807) is 30.3 Å². The predicted octanol–water partition coefficient (Wildman–Crippen LogP) is 1.89. The van der Waals surface area contributed by atoms with E-state index >= 15 is 0 Å². The Morgan fingerprint density at radius 3 is 2.70 bits per heavy atom. The number of anilines is 1. The molecule has 10 nitrogen and oxygen atoms in total. The average Bonchev–Trinajstić information content (AvgIpc) is 3.41. The number of ether oxygens (including phenoxy) is 1. The maximum absolute atomic E-state index is 14.9. The number of benzene rings is 2. The molecule has 0 saturated carbocycles. The minimum atomic E-state index is -0.737. The largest absolute Gasteiger partial charge is 0.489 e. The number of para-hydroxylation sites is 1. The van der Waals surface area contributed by atoms with E-state index in [2.05, 4.69) is 20.6 Å². The number of amides is 2. The molecule has 2 atom stereocenters. The lowest BCUT2D eigenvalue weighted by Crippen LogP contribution is -2.45. The summed E-state index contributed by atoms with van der Waals surface area (Å²) in [6.45, 7) is 1.76. The molecule has 2 aliphatic rings. The average molecular weight is 530 g/mol. The van der Waals surface area contributed by atoms with Crippen LogP contribution in [0.25, 0.3) is 11.0 Å². The lowest BCUT2D eigenvalue weighted by Gasteiger charge is -2.34. The van der Waals surface area contributed by atoms with Gasteiger partial charge in [-0.15, -0.1) is 0 Å². The van der Waals surface area contributed by atoms with Crippen LogP contribution in [0.2, 0.25) is 0 Å². The molecule has 0 aliphatic carbocycles. The smallest absolute Gasteiger partial charge is 0.323 e. The van der Waals surface area contributed by atoms with Gasteiger partial charge in [0.25, 0.3) is 5.24 Å². The molecule has 1 unspecified atom stereocenters. The summed E-state index contributed by atoms with van der Waals surface area (Å²) in [7, 11) is 0. The van der Waals surface area contributed by atoms with Gasteiger partial charge in [0.05, 0.1) is 16.5 Å². The Kier molecular flexibility index (Phi) is 7.49. The van der Waals surface area contributed by atoms with Crippen LogP contribution in [0.3, 0.4) is 0 Å². The number of rotatable bonds is 9. The van der Waals surface area contributed by atoms with Crippen molar-refractivity contribution in [2.24, 2.45) is 0 Å². The number of aliphatic hydroxyl groups is 1. The van der Waals surface area contributed by atoms with Crippen molar-refractivity contribution in [1.82, 2.24) is 20.6 Å². The van der Waals surface area contributed by atoms with Crippen molar-refractivity contribution >= 4 is 39.6 Å². The number of aromatic amines is 2. The van der Waals surface area contributed by atoms with Crippen LogP contribution in [0, 0.1) is 5.82 Å². The number of thioether (sulfide) groups is 1. The summed E-state index contributed by atoms with van der Waals surface area (Å²) >= 11 is 0.937. The van der Waals surface area contributed by atoms with Gasteiger partial charge < -0.3 is 30.0 Å². The summed E-state index contributed by atoms with van der Waals surface area (Å²) in [5.41, 5.74) is 2.09. The molecule has 0 bridgehead atoms. The topological polar surface area (TPSA) is 140 Å². The first-order valence-corrected chi connectivity index (χ1v) is 13.0. The van der Waals surface area contributed by atoms with E-state index in [4.69, 9.17) is 4.74 Å². The second-order valence-electron chi connectivity index (χ2n) is 9.27. The molecule has 2 aromatic carbocycles. The van der Waals surface area contributed by atoms with Gasteiger partial charge in [-0.2, -0.15) is 0 Å². The Bertz CT molecular complexity index is 1350. The number of carbonyl (C=O) groups is 2. The highest BCUT2D eigenvalue weighted by Gasteiger charge is 2.32. The van der Waals surface area contributed by atoms with Gasteiger partial charge in [0.1, 0.15) is 29.8 Å². The van der Waals surface area contributed by atoms with Crippen molar-refractivity contribution in [2.75, 3.05) is 31.1 Å². The second kappa shape index (κ2) is 11.0. The van der Waals surface area contributed by atoms with E-state index in [9.17, 15) is 23.9 Å². The lowest BCUT2D eigenvalue weighted by atomic mass is 10.0. The van der Waals surface area contributed by atoms with E-state index in [0.717, 1.165) is 24.6 Å². The van der Waals surface area contributed by atoms with Crippen molar-refractivity contribution in [1.29, 1.82) is 0 Å². The summed E-state index contributed by atoms with van der Waals surface area (Å²) in [6.07, 6.45) is 1.15. The number of hydrogen-bond donors (Lipinski definition) is 5. The second-order valence-corrected chi connectivity index (χ2v) is 10.4. The van der Waals surface area contributed by atoms with Gasteiger partial charge in [-0.25, -0.2) is 9.18 Å². The molecule has 0 radical (unpaired) electrons. The van der Waals surface area contributed by atoms with Crippen LogP contribution in [-0.2, 0) is 11.2 Å². The molecule has 2 fully saturated rings. The minimum absolute atomic E-state index is 0.0743. The maximum atomic E-state index is 14.9. The van der Waals surface area contributed by atoms with Gasteiger partial charge >= 0.3 is 5.69 Å². The van der Waals surface area contributed by atoms with E-state index < -0.39 is 11.4 Å². The molecular weight excluding hydrogens is 501 g/mol. The van der Waals surface area contributed by atoms with Gasteiger partial charge in [-0.3, -0.25) is 14.9 Å². The zero-order valence-corrected chi connectivity index (χ0v) is 20.8. The highest BCUT2D eigenvalue weighted by Crippen LogP contribution is 2.28. The fourth-order valence-corrected chi connectivity index (χ4v) is 5.56. The Hall–Kier alpha value is -3.35. The Balaban J connectivity index is 1.07. The number of nitrogens with zero attached hydrogens (tertiary/aromatic N) is 1. The molecule has 5 N–H and O–H groups in total.